The number of halogens is 7. The standard InChI is InChI=1S/C77H67Cl3F4N12O9/c1-42(97)91-39-57(50-21-5-9-28-61(50)91)87-73(101)64-32-47(81)37-93(64)77(105)94(36-46-18-14-25-56(80)70(46)84)89-76(104)92-40-58(51-22-6-10-29-62(51)92)88-75(103)96-63-30-11-4-19-48(63)52(71(96)74(102)86-35-45-17-13-24-55(79)69(45)83)33-66(98)53-38-90(60-27-8-3-20-49(53)60)41-67(99)95-59-26-7-2-15-43(59)31-65(95)72(100)85-34-44-16-12-23-54(78)68(44)82/h3-6,8-14,16-25,27-30,38-40,43,47,52,59,64-65,71H,2,7,15,26,31-37,41H2,1H3,(H,85,100)(H,86,102)(H,87,101)(H,88,103)(H,89,104). The van der Waals surface area contributed by atoms with E-state index in [1.807, 2.05) is 0 Å². The number of carbonyl (C=O) groups excluding carboxylic acids is 9. The topological polar surface area (TPSA) is 242 Å². The zero-order valence-corrected chi connectivity index (χ0v) is 58.4. The summed E-state index contributed by atoms with van der Waals surface area (Å²) in [6, 6.07) is 32.1. The maximum absolute atomic E-state index is 15.9. The summed E-state index contributed by atoms with van der Waals surface area (Å²) >= 11 is 18.5. The number of para-hydroxylation sites is 4. The predicted octanol–water partition coefficient (Wildman–Crippen LogP) is 14.3. The number of likely N-dealkylation sites (tertiary alicyclic amines) is 2. The van der Waals surface area contributed by atoms with Gasteiger partial charge in [-0.15, -0.1) is 0 Å². The summed E-state index contributed by atoms with van der Waals surface area (Å²) < 4.78 is 66.2. The number of ketones is 1. The fourth-order valence-electron chi connectivity index (χ4n) is 15.4. The Morgan fingerprint density at radius 1 is 0.562 bits per heavy atom. The van der Waals surface area contributed by atoms with Gasteiger partial charge in [0.05, 0.1) is 50.6 Å². The summed E-state index contributed by atoms with van der Waals surface area (Å²) in [6.07, 6.45) is 5.28. The lowest BCUT2D eigenvalue weighted by atomic mass is 9.84. The van der Waals surface area contributed by atoms with E-state index in [-0.39, 0.29) is 102 Å². The van der Waals surface area contributed by atoms with E-state index in [9.17, 15) is 28.4 Å². The monoisotopic (exact) mass is 1480 g/mol. The van der Waals surface area contributed by atoms with Crippen LogP contribution in [0.3, 0.4) is 0 Å². The fourth-order valence-corrected chi connectivity index (χ4v) is 16.0. The minimum absolute atomic E-state index is 0.0125. The van der Waals surface area contributed by atoms with Crippen LogP contribution in [-0.4, -0.2) is 119 Å². The van der Waals surface area contributed by atoms with E-state index >= 15 is 32.3 Å². The first-order chi connectivity index (χ1) is 50.6. The third kappa shape index (κ3) is 13.8. The lowest BCUT2D eigenvalue weighted by molar-refractivity contribution is -0.141. The number of nitrogens with zero attached hydrogens (tertiary/aromatic N) is 7. The van der Waals surface area contributed by atoms with E-state index in [1.54, 1.807) is 113 Å². The Balaban J connectivity index is 0.750. The van der Waals surface area contributed by atoms with E-state index in [0.29, 0.717) is 45.2 Å². The molecule has 0 radical (unpaired) electrons. The zero-order valence-electron chi connectivity index (χ0n) is 56.1. The summed E-state index contributed by atoms with van der Waals surface area (Å²) in [5.41, 5.74) is 4.65. The Morgan fingerprint density at radius 2 is 1.12 bits per heavy atom. The van der Waals surface area contributed by atoms with Crippen LogP contribution in [0, 0.1) is 23.4 Å². The van der Waals surface area contributed by atoms with Crippen molar-refractivity contribution in [3.05, 3.63) is 231 Å². The quantitative estimate of drug-likeness (QED) is 0.0350. The Morgan fingerprint density at radius 3 is 1.79 bits per heavy atom. The van der Waals surface area contributed by atoms with Crippen LogP contribution < -0.4 is 31.6 Å². The van der Waals surface area contributed by atoms with Crippen LogP contribution in [0.5, 0.6) is 0 Å². The van der Waals surface area contributed by atoms with E-state index in [1.165, 1.54) is 83.4 Å². The Hall–Kier alpha value is -11.0. The van der Waals surface area contributed by atoms with Gasteiger partial charge in [-0.3, -0.25) is 42.8 Å². The van der Waals surface area contributed by atoms with E-state index in [2.05, 4.69) is 26.7 Å². The van der Waals surface area contributed by atoms with Gasteiger partial charge in [-0.05, 0) is 73.2 Å². The van der Waals surface area contributed by atoms with Crippen LogP contribution in [0.4, 0.5) is 49.0 Å². The summed E-state index contributed by atoms with van der Waals surface area (Å²) in [5, 5.41) is 12.5. The van der Waals surface area contributed by atoms with Crippen LogP contribution in [0.2, 0.25) is 15.1 Å². The van der Waals surface area contributed by atoms with Crippen molar-refractivity contribution < 1.29 is 60.7 Å². The molecule has 6 heterocycles. The molecule has 5 N–H and O–H groups in total. The second-order valence-corrected chi connectivity index (χ2v) is 27.8. The van der Waals surface area contributed by atoms with Crippen LogP contribution in [0.15, 0.2) is 170 Å². The van der Waals surface area contributed by atoms with E-state index in [4.69, 9.17) is 34.8 Å². The third-order valence-electron chi connectivity index (χ3n) is 20.3. The van der Waals surface area contributed by atoms with Gasteiger partial charge in [-0.2, -0.15) is 0 Å². The molecule has 7 aromatic carbocycles. The number of fused-ring (bicyclic) bond motifs is 5. The molecule has 105 heavy (non-hydrogen) atoms. The number of anilines is 3. The van der Waals surface area contributed by atoms with Gasteiger partial charge in [0, 0.05) is 113 Å². The van der Waals surface area contributed by atoms with Crippen molar-refractivity contribution in [1.29, 1.82) is 0 Å². The minimum atomic E-state index is -1.73. The number of amides is 9. The molecule has 4 aliphatic rings. The van der Waals surface area contributed by atoms with Crippen molar-refractivity contribution in [2.75, 3.05) is 22.1 Å². The van der Waals surface area contributed by atoms with Crippen LogP contribution in [0.1, 0.15) is 95.2 Å². The van der Waals surface area contributed by atoms with Gasteiger partial charge in [0.2, 0.25) is 29.5 Å². The van der Waals surface area contributed by atoms with Gasteiger partial charge in [0.25, 0.3) is 0 Å². The lowest BCUT2D eigenvalue weighted by Crippen LogP contribution is -2.55. The molecule has 0 spiro atoms. The molecule has 28 heteroatoms. The molecule has 538 valence electrons. The number of Topliss-reactive ketones (excluding diaryl/α,β-unsaturated/α-hetero) is 1. The number of hydrazine groups is 1. The number of alkyl halides is 1. The Kier molecular flexibility index (Phi) is 20.0. The molecule has 3 aliphatic heterocycles. The van der Waals surface area contributed by atoms with Crippen LogP contribution in [0.25, 0.3) is 32.7 Å². The van der Waals surface area contributed by atoms with Gasteiger partial charge >= 0.3 is 18.1 Å². The van der Waals surface area contributed by atoms with Crippen molar-refractivity contribution in [1.82, 2.24) is 44.6 Å². The SMILES string of the molecule is CC(=O)n1cc(NC(=O)C2CC(F)CN2C(=O)N(Cc2cccc(Cl)c2F)NC(=O)n2cc(NC(=O)N3c4ccccc4C(CC(=O)c4cn(CC(=O)N5C(C(=O)NCc6cccc(Cl)c6F)CC6CCCCC65)c5ccccc45)C3C(=O)NCc3cccc(Cl)c3F)c3ccccc32)c2ccccc21. The van der Waals surface area contributed by atoms with Gasteiger partial charge in [0.1, 0.15) is 48.3 Å². The first kappa shape index (κ1) is 71.0. The van der Waals surface area contributed by atoms with Crippen LogP contribution >= 0.6 is 34.8 Å². The molecule has 21 nitrogen and oxygen atoms in total. The molecule has 10 aromatic rings. The molecule has 7 unspecified atom stereocenters. The first-order valence-electron chi connectivity index (χ1n) is 34.1. The van der Waals surface area contributed by atoms with Crippen molar-refractivity contribution >= 4 is 138 Å². The van der Waals surface area contributed by atoms with Crippen molar-refractivity contribution in [2.24, 2.45) is 5.92 Å². The summed E-state index contributed by atoms with van der Waals surface area (Å²) in [6.45, 7) is -0.825. The molecular weight excluding hydrogens is 1420 g/mol. The molecule has 9 amide bonds. The Labute approximate surface area is 612 Å². The van der Waals surface area contributed by atoms with E-state index in [0.717, 1.165) is 28.7 Å². The number of rotatable bonds is 16. The maximum atomic E-state index is 15.9. The molecule has 2 saturated heterocycles. The highest BCUT2D eigenvalue weighted by Gasteiger charge is 2.50. The number of hydrogen-bond donors (Lipinski definition) is 5. The first-order valence-corrected chi connectivity index (χ1v) is 35.3. The highest BCUT2D eigenvalue weighted by molar-refractivity contribution is 6.31. The molecule has 7 atom stereocenters. The van der Waals surface area contributed by atoms with Crippen LogP contribution in [-0.2, 0) is 45.4 Å². The number of carbonyl (C=O) groups is 9. The highest BCUT2D eigenvalue weighted by atomic mass is 35.5. The zero-order chi connectivity index (χ0) is 73.6. The molecule has 3 fully saturated rings. The number of urea groups is 2. The lowest BCUT2D eigenvalue weighted by Gasteiger charge is -2.34. The average Bonchev–Trinajstić information content (AvgIpc) is 1.59. The molecule has 3 aromatic heterocycles. The summed E-state index contributed by atoms with van der Waals surface area (Å²) in [4.78, 5) is 136. The average molecular weight is 1490 g/mol. The second-order valence-electron chi connectivity index (χ2n) is 26.6. The van der Waals surface area contributed by atoms with Gasteiger partial charge in [0.15, 0.2) is 5.78 Å². The van der Waals surface area contributed by atoms with Gasteiger partial charge in [-0.25, -0.2) is 42.4 Å². The van der Waals surface area contributed by atoms with Crippen molar-refractivity contribution in [3.8, 4) is 0 Å². The van der Waals surface area contributed by atoms with Gasteiger partial charge < -0.3 is 35.6 Å². The van der Waals surface area contributed by atoms with Gasteiger partial charge in [-0.1, -0.05) is 157 Å². The summed E-state index contributed by atoms with van der Waals surface area (Å²) in [7, 11) is 0. The minimum Gasteiger partial charge on any atom is -0.350 e. The third-order valence-corrected chi connectivity index (χ3v) is 21.2. The molecule has 1 aliphatic carbocycles. The summed E-state index contributed by atoms with van der Waals surface area (Å²) in [5.74, 6) is -6.74. The van der Waals surface area contributed by atoms with E-state index < -0.39 is 122 Å². The molecule has 0 bridgehead atoms. The second kappa shape index (κ2) is 29.6. The maximum Gasteiger partial charge on any atom is 0.345 e. The largest absolute Gasteiger partial charge is 0.350 e. The fraction of sp³-hybridized carbons (Fsp3) is 0.260. The Bertz CT molecular complexity index is 5200. The highest BCUT2D eigenvalue weighted by Crippen LogP contribution is 2.46. The van der Waals surface area contributed by atoms with Crippen molar-refractivity contribution in [3.63, 3.8) is 0 Å². The smallest absolute Gasteiger partial charge is 0.345 e. The molecule has 1 saturated carbocycles. The normalized spacial score (nSPS) is 19.0. The number of hydrogen-bond acceptors (Lipinski definition) is 9. The molecule has 14 rings (SSSR count). The number of aromatic nitrogens is 3. The number of nitrogens with one attached hydrogen (secondary N) is 5. The predicted molar refractivity (Wildman–Crippen MR) is 388 cm³/mol. The molecular formula is C77H67Cl3F4N12O9. The van der Waals surface area contributed by atoms with Crippen molar-refractivity contribution in [2.45, 2.75) is 114 Å². The number of benzene rings is 7.